The molecule has 3 fully saturated rings. The first-order chi connectivity index (χ1) is 34.1. The van der Waals surface area contributed by atoms with Crippen LogP contribution in [-0.4, -0.2) is 211 Å². The normalized spacial score (nSPS) is 25.5. The highest BCUT2D eigenvalue weighted by Crippen LogP contribution is 2.25. The molecule has 2 unspecified atom stereocenters. The van der Waals surface area contributed by atoms with Crippen LogP contribution in [0.2, 0.25) is 0 Å². The second kappa shape index (κ2) is 29.2. The summed E-state index contributed by atoms with van der Waals surface area (Å²) in [6, 6.07) is 4.02. The summed E-state index contributed by atoms with van der Waals surface area (Å²) in [5, 5.41) is 12.0. The maximum atomic E-state index is 14.7. The summed E-state index contributed by atoms with van der Waals surface area (Å²) in [6.07, 6.45) is 1.18. The Morgan fingerprint density at radius 3 is 1.93 bits per heavy atom. The van der Waals surface area contributed by atoms with E-state index in [-0.39, 0.29) is 94.5 Å². The van der Waals surface area contributed by atoms with Gasteiger partial charge in [0.15, 0.2) is 0 Å². The first kappa shape index (κ1) is 57.3. The maximum Gasteiger partial charge on any atom is 0.342 e. The van der Waals surface area contributed by atoms with E-state index in [1.54, 1.807) is 28.4 Å². The van der Waals surface area contributed by atoms with E-state index >= 15 is 0 Å². The molecular weight excluding hydrogens is 959 g/mol. The number of aromatic nitrogens is 1. The van der Waals surface area contributed by atoms with Gasteiger partial charge in [0.2, 0.25) is 29.5 Å². The molecule has 71 heavy (non-hydrogen) atoms. The number of thioether (sulfide) groups is 2. The number of pyridine rings is 1. The Hall–Kier alpha value is -4.59. The number of amides is 5. The van der Waals surface area contributed by atoms with Crippen LogP contribution in [-0.2, 0) is 64.3 Å². The molecule has 0 aliphatic carbocycles. The van der Waals surface area contributed by atoms with Crippen LogP contribution in [0.5, 0.6) is 0 Å². The van der Waals surface area contributed by atoms with E-state index < -0.39 is 47.3 Å². The van der Waals surface area contributed by atoms with Gasteiger partial charge in [-0.3, -0.25) is 53.4 Å². The molecule has 22 nitrogen and oxygen atoms in total. The van der Waals surface area contributed by atoms with Crippen LogP contribution in [0, 0.1) is 11.8 Å². The van der Waals surface area contributed by atoms with E-state index in [0.29, 0.717) is 88.3 Å². The summed E-state index contributed by atoms with van der Waals surface area (Å²) in [5.74, 6) is -1.53. The van der Waals surface area contributed by atoms with Gasteiger partial charge in [0.25, 0.3) is 0 Å². The van der Waals surface area contributed by atoms with Crippen LogP contribution in [0.4, 0.5) is 0 Å². The monoisotopic (exact) mass is 1030 g/mol. The number of esters is 1. The molecule has 5 N–H and O–H groups in total. The van der Waals surface area contributed by atoms with E-state index in [0.717, 1.165) is 11.4 Å². The molecular formula is C47H75N11O11S2. The minimum absolute atomic E-state index is 0.00641. The maximum absolute atomic E-state index is 14.7. The molecule has 396 valence electrons. The average molecular weight is 1030 g/mol. The van der Waals surface area contributed by atoms with E-state index in [1.807, 2.05) is 71.1 Å². The Bertz CT molecular complexity index is 1940. The number of nitrogens with one attached hydrogen (secondary N) is 5. The third-order valence-corrected chi connectivity index (χ3v) is 15.2. The van der Waals surface area contributed by atoms with Crippen LogP contribution in [0.25, 0.3) is 0 Å². The molecule has 24 heteroatoms. The van der Waals surface area contributed by atoms with Crippen molar-refractivity contribution in [2.75, 3.05) is 117 Å². The van der Waals surface area contributed by atoms with E-state index in [9.17, 15) is 38.4 Å². The van der Waals surface area contributed by atoms with E-state index in [1.165, 1.54) is 7.11 Å². The Labute approximate surface area is 425 Å². The zero-order valence-corrected chi connectivity index (χ0v) is 43.6. The van der Waals surface area contributed by atoms with Gasteiger partial charge in [-0.1, -0.05) is 40.2 Å². The van der Waals surface area contributed by atoms with Gasteiger partial charge >= 0.3 is 17.9 Å². The van der Waals surface area contributed by atoms with Gasteiger partial charge in [0.1, 0.15) is 17.6 Å². The Morgan fingerprint density at radius 2 is 1.37 bits per heavy atom. The van der Waals surface area contributed by atoms with Crippen molar-refractivity contribution in [3.8, 4) is 0 Å². The third-order valence-electron chi connectivity index (χ3n) is 13.2. The van der Waals surface area contributed by atoms with Gasteiger partial charge in [0, 0.05) is 107 Å². The molecule has 5 heterocycles. The molecule has 3 saturated heterocycles. The minimum Gasteiger partial charge on any atom is -0.468 e. The molecule has 1 aromatic heterocycles. The lowest BCUT2D eigenvalue weighted by molar-refractivity contribution is -0.200. The Balaban J connectivity index is 1.34. The number of piperidine rings is 1. The molecule has 0 aromatic carbocycles. The first-order valence-electron chi connectivity index (χ1n) is 24.7. The fourth-order valence-electron chi connectivity index (χ4n) is 8.69. The second-order valence-electron chi connectivity index (χ2n) is 19.0. The molecule has 4 aliphatic heterocycles. The largest absolute Gasteiger partial charge is 0.468 e. The molecule has 1 spiro atoms. The first-order valence-corrected chi connectivity index (χ1v) is 27.1. The number of carbonyl (C=O) groups is 8. The Morgan fingerprint density at radius 1 is 0.789 bits per heavy atom. The van der Waals surface area contributed by atoms with Gasteiger partial charge in [-0.05, 0) is 43.2 Å². The van der Waals surface area contributed by atoms with Crippen molar-refractivity contribution in [2.24, 2.45) is 11.8 Å². The predicted octanol–water partition coefficient (Wildman–Crippen LogP) is -0.479. The lowest BCUT2D eigenvalue weighted by atomic mass is 9.85. The van der Waals surface area contributed by atoms with Crippen molar-refractivity contribution < 1.29 is 52.8 Å². The second-order valence-corrected chi connectivity index (χ2v) is 21.2. The van der Waals surface area contributed by atoms with Gasteiger partial charge < -0.3 is 40.6 Å². The molecule has 0 saturated carbocycles. The standard InChI is InChI=1S/C47H75N11O11S2/c1-6-34(4)43-45(65)48-13-25-71-32-36-9-7-8-35(49-36)31-70-24-10-38(59)52-47(46(66)50-37(26-33(2)3)44(64)51-43)11-14-58(15-12-47)39(60)27-54-16-18-56-22-20-55(28-40(61)67-5)21-23-57(19-17-54)30-42(63)69-53-68-41(62)29-56/h7-9,33-34,37,43,53H,6,10-32H2,1-5H3,(H,48,65)(H,50,66)(H,51,64)(H,52,59)/t34-,37-,43-/m0/s1. The number of hydrogen-bond donors (Lipinski definition) is 5. The summed E-state index contributed by atoms with van der Waals surface area (Å²) in [4.78, 5) is 132. The van der Waals surface area contributed by atoms with Gasteiger partial charge in [0.05, 0.1) is 44.7 Å². The molecule has 5 atom stereocenters. The van der Waals surface area contributed by atoms with Crippen molar-refractivity contribution in [3.05, 3.63) is 29.6 Å². The predicted molar refractivity (Wildman–Crippen MR) is 267 cm³/mol. The smallest absolute Gasteiger partial charge is 0.342 e. The quantitative estimate of drug-likeness (QED) is 0.163. The molecule has 0 radical (unpaired) electrons. The van der Waals surface area contributed by atoms with Gasteiger partial charge in [-0.25, -0.2) is 9.59 Å². The molecule has 4 aliphatic rings. The highest BCUT2D eigenvalue weighted by molar-refractivity contribution is 7.98. The topological polar surface area (TPSA) is 253 Å². The van der Waals surface area contributed by atoms with Gasteiger partial charge in [-0.15, -0.1) is 0 Å². The molecule has 1 aromatic rings. The van der Waals surface area contributed by atoms with Crippen LogP contribution < -0.4 is 26.9 Å². The number of methoxy groups -OCH3 is 1. The molecule has 5 amide bonds. The van der Waals surface area contributed by atoms with Crippen molar-refractivity contribution >= 4 is 71.0 Å². The summed E-state index contributed by atoms with van der Waals surface area (Å²) in [5.41, 5.74) is 2.34. The van der Waals surface area contributed by atoms with Crippen LogP contribution in [0.1, 0.15) is 71.2 Å². The number of likely N-dealkylation sites (tertiary alicyclic amines) is 1. The minimum atomic E-state index is -1.45. The summed E-state index contributed by atoms with van der Waals surface area (Å²) in [6.45, 7) is 11.1. The number of fused-ring (bicyclic) bond motifs is 8. The van der Waals surface area contributed by atoms with Crippen LogP contribution in [0.3, 0.4) is 0 Å². The molecule has 4 bridgehead atoms. The van der Waals surface area contributed by atoms with Crippen molar-refractivity contribution in [2.45, 2.75) is 88.9 Å². The average Bonchev–Trinajstić information content (AvgIpc) is 3.34. The van der Waals surface area contributed by atoms with Crippen LogP contribution in [0.15, 0.2) is 18.2 Å². The highest BCUT2D eigenvalue weighted by Gasteiger charge is 2.45. The lowest BCUT2D eigenvalue weighted by Gasteiger charge is -2.42. The summed E-state index contributed by atoms with van der Waals surface area (Å²) in [7, 11) is 1.32. The van der Waals surface area contributed by atoms with Crippen molar-refractivity contribution in [1.82, 2.24) is 56.4 Å². The highest BCUT2D eigenvalue weighted by atomic mass is 32.2. The lowest BCUT2D eigenvalue weighted by Crippen LogP contribution is -2.66. The van der Waals surface area contributed by atoms with Crippen LogP contribution >= 0.6 is 23.5 Å². The Kier molecular flexibility index (Phi) is 23.6. The fourth-order valence-corrected chi connectivity index (χ4v) is 10.3. The fraction of sp³-hybridized carbons (Fsp3) is 0.723. The number of rotatable bonds is 8. The van der Waals surface area contributed by atoms with Gasteiger partial charge in [-0.2, -0.15) is 23.5 Å². The SMILES string of the molecule is CC[C@H](C)[C@@H]1NC(=O)[C@H](CC(C)C)NC(=O)C2(CCN(C(=O)CN3CCN4CCN(CC(=O)OC)CCN(CC3)CC(=O)ONOC(=O)C4)CC2)NC(=O)CCSCc2cccc(n2)CSCCNC1=O. The number of nitrogens with zero attached hydrogens (tertiary/aromatic N) is 6. The summed E-state index contributed by atoms with van der Waals surface area (Å²) < 4.78 is 4.91. The zero-order chi connectivity index (χ0) is 51.3. The third kappa shape index (κ3) is 19.1. The summed E-state index contributed by atoms with van der Waals surface area (Å²) >= 11 is 3.21. The van der Waals surface area contributed by atoms with E-state index in [2.05, 4.69) is 21.3 Å². The number of ether oxygens (including phenoxy) is 1. The van der Waals surface area contributed by atoms with Crippen molar-refractivity contribution in [1.29, 1.82) is 0 Å². The zero-order valence-electron chi connectivity index (χ0n) is 42.0. The number of hydrogen-bond acceptors (Lipinski definition) is 19. The van der Waals surface area contributed by atoms with E-state index in [4.69, 9.17) is 19.4 Å². The number of carbonyl (C=O) groups excluding carboxylic acids is 8. The van der Waals surface area contributed by atoms with Crippen molar-refractivity contribution in [3.63, 3.8) is 0 Å². The molecule has 5 rings (SSSR count).